The monoisotopic (exact) mass is 328 g/mol. The molecule has 2 aromatic rings. The van der Waals surface area contributed by atoms with E-state index in [-0.39, 0.29) is 22.7 Å². The van der Waals surface area contributed by atoms with Gasteiger partial charge in [0.25, 0.3) is 0 Å². The summed E-state index contributed by atoms with van der Waals surface area (Å²) in [5, 5.41) is 9.20. The van der Waals surface area contributed by atoms with Crippen LogP contribution in [-0.2, 0) is 12.7 Å². The first-order chi connectivity index (χ1) is 10.4. The molecule has 0 saturated heterocycles. The number of aromatic carboxylic acids is 1. The van der Waals surface area contributed by atoms with Crippen LogP contribution in [0.15, 0.2) is 47.6 Å². The van der Waals surface area contributed by atoms with Crippen molar-refractivity contribution < 1.29 is 23.1 Å². The molecule has 0 radical (unpaired) electrons. The van der Waals surface area contributed by atoms with Crippen LogP contribution in [0.25, 0.3) is 0 Å². The van der Waals surface area contributed by atoms with E-state index in [2.05, 4.69) is 9.71 Å². The number of benzene rings is 1. The van der Waals surface area contributed by atoms with Crippen LogP contribution < -0.4 is 4.72 Å². The minimum Gasteiger partial charge on any atom is -0.478 e. The molecular weight excluding hydrogens is 317 g/mol. The van der Waals surface area contributed by atoms with Crippen LogP contribution in [0.5, 0.6) is 0 Å². The lowest BCUT2D eigenvalue weighted by Gasteiger charge is -2.13. The van der Waals surface area contributed by atoms with Gasteiger partial charge in [0.05, 0.1) is 11.1 Å². The van der Waals surface area contributed by atoms with Crippen LogP contribution >= 0.6 is 11.9 Å². The van der Waals surface area contributed by atoms with Gasteiger partial charge in [-0.25, -0.2) is 9.78 Å². The molecule has 116 valence electrons. The molecule has 2 N–H and O–H groups in total. The molecule has 1 aromatic carbocycles. The molecular formula is C14H11F3N2O2S. The molecule has 0 fully saturated rings. The highest BCUT2D eigenvalue weighted by atomic mass is 32.2. The lowest BCUT2D eigenvalue weighted by Crippen LogP contribution is -2.13. The van der Waals surface area contributed by atoms with Crippen LogP contribution in [0.4, 0.5) is 13.2 Å². The number of nitrogens with zero attached hydrogens (tertiary/aromatic N) is 1. The molecule has 1 aromatic heterocycles. The number of pyridine rings is 1. The van der Waals surface area contributed by atoms with E-state index in [9.17, 15) is 18.0 Å². The van der Waals surface area contributed by atoms with Gasteiger partial charge < -0.3 is 5.11 Å². The highest BCUT2D eigenvalue weighted by molar-refractivity contribution is 7.97. The lowest BCUT2D eigenvalue weighted by atomic mass is 10.1. The van der Waals surface area contributed by atoms with E-state index >= 15 is 0 Å². The van der Waals surface area contributed by atoms with E-state index in [1.54, 1.807) is 0 Å². The Morgan fingerprint density at radius 3 is 2.64 bits per heavy atom. The van der Waals surface area contributed by atoms with Crippen molar-refractivity contribution in [2.45, 2.75) is 17.7 Å². The summed E-state index contributed by atoms with van der Waals surface area (Å²) >= 11 is 0.880. The summed E-state index contributed by atoms with van der Waals surface area (Å²) in [6.45, 7) is -0.0734. The number of carbonyl (C=O) groups is 1. The summed E-state index contributed by atoms with van der Waals surface area (Å²) in [4.78, 5) is 14.9. The van der Waals surface area contributed by atoms with Gasteiger partial charge in [-0.3, -0.25) is 4.72 Å². The van der Waals surface area contributed by atoms with Crippen molar-refractivity contribution >= 4 is 17.9 Å². The van der Waals surface area contributed by atoms with Gasteiger partial charge in [-0.2, -0.15) is 13.2 Å². The smallest absolute Gasteiger partial charge is 0.416 e. The van der Waals surface area contributed by atoms with Gasteiger partial charge in [0.2, 0.25) is 0 Å². The molecule has 0 unspecified atom stereocenters. The van der Waals surface area contributed by atoms with Gasteiger partial charge in [-0.05, 0) is 35.7 Å². The van der Waals surface area contributed by atoms with E-state index in [1.807, 2.05) is 0 Å². The Morgan fingerprint density at radius 2 is 1.95 bits per heavy atom. The maximum Gasteiger partial charge on any atom is 0.416 e. The highest BCUT2D eigenvalue weighted by Gasteiger charge is 2.32. The largest absolute Gasteiger partial charge is 0.478 e. The van der Waals surface area contributed by atoms with Crippen LogP contribution in [0, 0.1) is 0 Å². The SMILES string of the molecule is O=C(O)c1cccnc1SNCc1ccccc1C(F)(F)F. The Morgan fingerprint density at radius 1 is 1.23 bits per heavy atom. The van der Waals surface area contributed by atoms with Crippen molar-refractivity contribution in [1.29, 1.82) is 0 Å². The molecule has 8 heteroatoms. The summed E-state index contributed by atoms with van der Waals surface area (Å²) in [6, 6.07) is 8.06. The standard InChI is InChI=1S/C14H11F3N2O2S/c15-14(16,17)11-6-2-1-4-9(11)8-19-22-12-10(13(20)21)5-3-7-18-12/h1-7,19H,8H2,(H,20,21). The van der Waals surface area contributed by atoms with E-state index in [0.717, 1.165) is 18.0 Å². The summed E-state index contributed by atoms with van der Waals surface area (Å²) < 4.78 is 41.2. The summed E-state index contributed by atoms with van der Waals surface area (Å²) in [5.41, 5.74) is -0.651. The van der Waals surface area contributed by atoms with E-state index in [4.69, 9.17) is 5.11 Å². The minimum absolute atomic E-state index is 0.0101. The first kappa shape index (κ1) is 16.3. The molecule has 1 heterocycles. The number of carboxylic acid groups (broad SMARTS) is 1. The van der Waals surface area contributed by atoms with Crippen molar-refractivity contribution in [3.8, 4) is 0 Å². The Kier molecular flexibility index (Phi) is 5.04. The molecule has 0 atom stereocenters. The predicted molar refractivity (Wildman–Crippen MR) is 75.3 cm³/mol. The second-order valence-electron chi connectivity index (χ2n) is 4.24. The maximum atomic E-state index is 12.8. The molecule has 2 rings (SSSR count). The lowest BCUT2D eigenvalue weighted by molar-refractivity contribution is -0.138. The Hall–Kier alpha value is -2.06. The van der Waals surface area contributed by atoms with Crippen LogP contribution in [-0.4, -0.2) is 16.1 Å². The zero-order valence-electron chi connectivity index (χ0n) is 11.1. The van der Waals surface area contributed by atoms with E-state index in [1.165, 1.54) is 36.5 Å². The first-order valence-electron chi connectivity index (χ1n) is 6.12. The zero-order valence-corrected chi connectivity index (χ0v) is 11.9. The van der Waals surface area contributed by atoms with Crippen LogP contribution in [0.1, 0.15) is 21.5 Å². The molecule has 4 nitrogen and oxygen atoms in total. The topological polar surface area (TPSA) is 62.2 Å². The fourth-order valence-corrected chi connectivity index (χ4v) is 2.51. The second-order valence-corrected chi connectivity index (χ2v) is 5.12. The quantitative estimate of drug-likeness (QED) is 0.821. The molecule has 0 saturated carbocycles. The summed E-state index contributed by atoms with van der Waals surface area (Å²) in [7, 11) is 0. The fraction of sp³-hybridized carbons (Fsp3) is 0.143. The van der Waals surface area contributed by atoms with Gasteiger partial charge >= 0.3 is 12.1 Å². The number of nitrogens with one attached hydrogen (secondary N) is 1. The minimum atomic E-state index is -4.43. The van der Waals surface area contributed by atoms with Gasteiger partial charge in [0.1, 0.15) is 5.03 Å². The number of alkyl halides is 3. The van der Waals surface area contributed by atoms with Crippen LogP contribution in [0.2, 0.25) is 0 Å². The molecule has 0 aliphatic heterocycles. The Balaban J connectivity index is 2.08. The number of hydrogen-bond donors (Lipinski definition) is 2. The number of hydrogen-bond acceptors (Lipinski definition) is 4. The number of carboxylic acids is 1. The highest BCUT2D eigenvalue weighted by Crippen LogP contribution is 2.32. The van der Waals surface area contributed by atoms with Crippen molar-refractivity contribution in [3.05, 3.63) is 59.3 Å². The van der Waals surface area contributed by atoms with Crippen molar-refractivity contribution in [3.63, 3.8) is 0 Å². The maximum absolute atomic E-state index is 12.8. The third-order valence-electron chi connectivity index (χ3n) is 2.76. The average molecular weight is 328 g/mol. The molecule has 0 aliphatic carbocycles. The second kappa shape index (κ2) is 6.80. The zero-order chi connectivity index (χ0) is 16.2. The number of aromatic nitrogens is 1. The van der Waals surface area contributed by atoms with Crippen molar-refractivity contribution in [2.75, 3.05) is 0 Å². The van der Waals surface area contributed by atoms with Crippen molar-refractivity contribution in [1.82, 2.24) is 9.71 Å². The fourth-order valence-electron chi connectivity index (χ4n) is 1.77. The first-order valence-corrected chi connectivity index (χ1v) is 6.94. The molecule has 22 heavy (non-hydrogen) atoms. The van der Waals surface area contributed by atoms with Crippen LogP contribution in [0.3, 0.4) is 0 Å². The van der Waals surface area contributed by atoms with Gasteiger partial charge in [0.15, 0.2) is 0 Å². The third kappa shape index (κ3) is 3.99. The Bertz CT molecular complexity index is 677. The molecule has 0 aliphatic rings. The normalized spacial score (nSPS) is 11.4. The summed E-state index contributed by atoms with van der Waals surface area (Å²) in [5.74, 6) is -1.15. The van der Waals surface area contributed by atoms with Gasteiger partial charge in [0, 0.05) is 12.7 Å². The van der Waals surface area contributed by atoms with E-state index in [0.29, 0.717) is 0 Å². The molecule has 0 amide bonds. The molecule has 0 bridgehead atoms. The van der Waals surface area contributed by atoms with E-state index < -0.39 is 17.7 Å². The third-order valence-corrected chi connectivity index (χ3v) is 3.56. The predicted octanol–water partition coefficient (Wildman–Crippen LogP) is 3.60. The Labute approximate surface area is 128 Å². The average Bonchev–Trinajstić information content (AvgIpc) is 2.47. The van der Waals surface area contributed by atoms with Gasteiger partial charge in [-0.1, -0.05) is 18.2 Å². The summed E-state index contributed by atoms with van der Waals surface area (Å²) in [6.07, 6.45) is -3.01. The number of rotatable bonds is 5. The molecule has 0 spiro atoms. The van der Waals surface area contributed by atoms with Crippen molar-refractivity contribution in [2.24, 2.45) is 0 Å². The number of halogens is 3. The van der Waals surface area contributed by atoms with Gasteiger partial charge in [-0.15, -0.1) is 0 Å².